The van der Waals surface area contributed by atoms with Gasteiger partial charge in [0.2, 0.25) is 0 Å². The van der Waals surface area contributed by atoms with E-state index in [1.807, 2.05) is 5.32 Å². The summed E-state index contributed by atoms with van der Waals surface area (Å²) >= 11 is 0. The third-order valence-corrected chi connectivity index (χ3v) is 2.21. The fraction of sp³-hybridized carbons (Fsp3) is 0.800. The van der Waals surface area contributed by atoms with Gasteiger partial charge in [0, 0.05) is 13.0 Å². The van der Waals surface area contributed by atoms with Crippen LogP contribution < -0.4 is 10.6 Å². The number of rotatable bonds is 7. The summed E-state index contributed by atoms with van der Waals surface area (Å²) < 4.78 is 35.4. The molecule has 0 fully saturated rings. The Bertz CT molecular complexity index is 308. The Balaban J connectivity index is 3.84. The number of carbonyl (C=O) groups is 2. The van der Waals surface area contributed by atoms with Crippen molar-refractivity contribution in [2.45, 2.75) is 44.5 Å². The molecule has 0 bridgehead atoms. The smallest absolute Gasteiger partial charge is 0.389 e. The molecule has 0 radical (unpaired) electrons. The molecule has 9 heteroatoms. The van der Waals surface area contributed by atoms with Crippen molar-refractivity contribution < 1.29 is 33.0 Å². The maximum Gasteiger partial charge on any atom is 0.389 e. The van der Waals surface area contributed by atoms with Gasteiger partial charge in [-0.05, 0) is 19.8 Å². The van der Waals surface area contributed by atoms with E-state index in [2.05, 4.69) is 5.32 Å². The minimum Gasteiger partial charge on any atom is -0.480 e. The Morgan fingerprint density at radius 2 is 1.84 bits per heavy atom. The summed E-state index contributed by atoms with van der Waals surface area (Å²) in [6, 6.07) is -2.31. The summed E-state index contributed by atoms with van der Waals surface area (Å²) in [5, 5.41) is 22.0. The molecule has 0 aliphatic carbocycles. The lowest BCUT2D eigenvalue weighted by Crippen LogP contribution is -2.51. The van der Waals surface area contributed by atoms with E-state index in [1.54, 1.807) is 0 Å². The van der Waals surface area contributed by atoms with Gasteiger partial charge in [-0.25, -0.2) is 9.59 Å². The zero-order valence-corrected chi connectivity index (χ0v) is 10.3. The second-order valence-electron chi connectivity index (χ2n) is 4.03. The molecule has 0 rings (SSSR count). The summed E-state index contributed by atoms with van der Waals surface area (Å²) in [6.45, 7) is 1.19. The topological polar surface area (TPSA) is 98.7 Å². The molecule has 2 atom stereocenters. The van der Waals surface area contributed by atoms with E-state index in [9.17, 15) is 22.8 Å². The first kappa shape index (κ1) is 17.5. The first-order chi connectivity index (χ1) is 8.63. The number of carboxylic acid groups (broad SMARTS) is 1. The lowest BCUT2D eigenvalue weighted by molar-refractivity contribution is -0.141. The fourth-order valence-electron chi connectivity index (χ4n) is 1.23. The van der Waals surface area contributed by atoms with Crippen LogP contribution in [0.3, 0.4) is 0 Å². The SMILES string of the molecule is CC(O)C(NC(=O)NCCCCC(F)(F)F)C(=O)O. The van der Waals surface area contributed by atoms with Crippen molar-refractivity contribution in [2.24, 2.45) is 0 Å². The highest BCUT2D eigenvalue weighted by Crippen LogP contribution is 2.21. The largest absolute Gasteiger partial charge is 0.480 e. The standard InChI is InChI=1S/C10H17F3N2O4/c1-6(16)7(8(17)18)15-9(19)14-5-3-2-4-10(11,12)13/h6-7,16H,2-5H2,1H3,(H,17,18)(H2,14,15,19). The van der Waals surface area contributed by atoms with Crippen molar-refractivity contribution >= 4 is 12.0 Å². The van der Waals surface area contributed by atoms with Crippen molar-refractivity contribution in [3.8, 4) is 0 Å². The minimum atomic E-state index is -4.22. The molecule has 19 heavy (non-hydrogen) atoms. The average Bonchev–Trinajstić information content (AvgIpc) is 2.22. The number of unbranched alkanes of at least 4 members (excludes halogenated alkanes) is 1. The third kappa shape index (κ3) is 9.11. The Hall–Kier alpha value is -1.51. The molecule has 0 aromatic carbocycles. The number of alkyl halides is 3. The quantitative estimate of drug-likeness (QED) is 0.521. The molecule has 0 saturated carbocycles. The number of amides is 2. The van der Waals surface area contributed by atoms with Crippen LogP contribution in [-0.2, 0) is 4.79 Å². The number of hydrogen-bond donors (Lipinski definition) is 4. The molecular weight excluding hydrogens is 269 g/mol. The van der Waals surface area contributed by atoms with Gasteiger partial charge in [-0.1, -0.05) is 0 Å². The molecule has 0 aliphatic heterocycles. The number of urea groups is 1. The Morgan fingerprint density at radius 1 is 1.26 bits per heavy atom. The van der Waals surface area contributed by atoms with Crippen molar-refractivity contribution in [3.63, 3.8) is 0 Å². The van der Waals surface area contributed by atoms with Gasteiger partial charge >= 0.3 is 18.2 Å². The molecule has 6 nitrogen and oxygen atoms in total. The van der Waals surface area contributed by atoms with Crippen LogP contribution in [0.25, 0.3) is 0 Å². The second kappa shape index (κ2) is 7.82. The van der Waals surface area contributed by atoms with Gasteiger partial charge in [0.05, 0.1) is 6.10 Å². The van der Waals surface area contributed by atoms with Crippen LogP contribution in [0.15, 0.2) is 0 Å². The van der Waals surface area contributed by atoms with Gasteiger partial charge in [0.15, 0.2) is 6.04 Å². The van der Waals surface area contributed by atoms with Crippen molar-refractivity contribution in [2.75, 3.05) is 6.54 Å². The number of hydrogen-bond acceptors (Lipinski definition) is 3. The Morgan fingerprint density at radius 3 is 2.26 bits per heavy atom. The molecule has 0 saturated heterocycles. The summed E-state index contributed by atoms with van der Waals surface area (Å²) in [7, 11) is 0. The van der Waals surface area contributed by atoms with Gasteiger partial charge in [0.1, 0.15) is 0 Å². The predicted molar refractivity (Wildman–Crippen MR) is 59.5 cm³/mol. The van der Waals surface area contributed by atoms with Gasteiger partial charge in [-0.2, -0.15) is 13.2 Å². The number of aliphatic hydroxyl groups excluding tert-OH is 1. The van der Waals surface area contributed by atoms with Crippen LogP contribution in [0.4, 0.5) is 18.0 Å². The number of halogens is 3. The van der Waals surface area contributed by atoms with E-state index >= 15 is 0 Å². The Labute approximate surface area is 108 Å². The molecule has 2 amide bonds. The van der Waals surface area contributed by atoms with Gasteiger partial charge in [-0.3, -0.25) is 0 Å². The average molecular weight is 286 g/mol. The molecule has 112 valence electrons. The number of carbonyl (C=O) groups excluding carboxylic acids is 1. The van der Waals surface area contributed by atoms with Gasteiger partial charge < -0.3 is 20.8 Å². The summed E-state index contributed by atoms with van der Waals surface area (Å²) in [4.78, 5) is 21.8. The number of carboxylic acids is 1. The van der Waals surface area contributed by atoms with Crippen molar-refractivity contribution in [1.29, 1.82) is 0 Å². The molecular formula is C10H17F3N2O4. The monoisotopic (exact) mass is 286 g/mol. The van der Waals surface area contributed by atoms with Crippen LogP contribution in [0.5, 0.6) is 0 Å². The van der Waals surface area contributed by atoms with E-state index < -0.39 is 36.7 Å². The molecule has 0 spiro atoms. The molecule has 0 aromatic heterocycles. The Kier molecular flexibility index (Phi) is 7.20. The third-order valence-electron chi connectivity index (χ3n) is 2.21. The normalized spacial score (nSPS) is 14.6. The highest BCUT2D eigenvalue weighted by Gasteiger charge is 2.26. The zero-order valence-electron chi connectivity index (χ0n) is 10.3. The van der Waals surface area contributed by atoms with Crippen molar-refractivity contribution in [1.82, 2.24) is 10.6 Å². The summed E-state index contributed by atoms with van der Waals surface area (Å²) in [6.07, 6.45) is -6.43. The van der Waals surface area contributed by atoms with E-state index in [-0.39, 0.29) is 19.4 Å². The summed E-state index contributed by atoms with van der Waals surface area (Å²) in [5.74, 6) is -1.40. The van der Waals surface area contributed by atoms with E-state index in [0.717, 1.165) is 0 Å². The van der Waals surface area contributed by atoms with E-state index in [4.69, 9.17) is 10.2 Å². The highest BCUT2D eigenvalue weighted by molar-refractivity contribution is 5.82. The molecule has 0 heterocycles. The lowest BCUT2D eigenvalue weighted by atomic mass is 10.2. The first-order valence-corrected chi connectivity index (χ1v) is 5.65. The predicted octanol–water partition coefficient (Wildman–Crippen LogP) is 0.852. The number of aliphatic hydroxyl groups is 1. The highest BCUT2D eigenvalue weighted by atomic mass is 19.4. The second-order valence-corrected chi connectivity index (χ2v) is 4.03. The molecule has 2 unspecified atom stereocenters. The fourth-order valence-corrected chi connectivity index (χ4v) is 1.23. The number of nitrogens with one attached hydrogen (secondary N) is 2. The van der Waals surface area contributed by atoms with Crippen molar-refractivity contribution in [3.05, 3.63) is 0 Å². The van der Waals surface area contributed by atoms with Crippen LogP contribution in [0.1, 0.15) is 26.2 Å². The van der Waals surface area contributed by atoms with E-state index in [0.29, 0.717) is 0 Å². The molecule has 4 N–H and O–H groups in total. The van der Waals surface area contributed by atoms with Crippen LogP contribution in [0, 0.1) is 0 Å². The maximum atomic E-state index is 11.8. The zero-order chi connectivity index (χ0) is 15.1. The van der Waals surface area contributed by atoms with Gasteiger partial charge in [-0.15, -0.1) is 0 Å². The molecule has 0 aromatic rings. The van der Waals surface area contributed by atoms with E-state index in [1.165, 1.54) is 6.92 Å². The summed E-state index contributed by atoms with van der Waals surface area (Å²) in [5.41, 5.74) is 0. The maximum absolute atomic E-state index is 11.8. The lowest BCUT2D eigenvalue weighted by Gasteiger charge is -2.17. The van der Waals surface area contributed by atoms with Gasteiger partial charge in [0.25, 0.3) is 0 Å². The number of aliphatic carboxylic acids is 1. The van der Waals surface area contributed by atoms with Crippen LogP contribution >= 0.6 is 0 Å². The van der Waals surface area contributed by atoms with Crippen LogP contribution in [0.2, 0.25) is 0 Å². The molecule has 0 aliphatic rings. The first-order valence-electron chi connectivity index (χ1n) is 5.65. The van der Waals surface area contributed by atoms with Crippen LogP contribution in [-0.4, -0.2) is 47.1 Å². The minimum absolute atomic E-state index is 0.00589.